The summed E-state index contributed by atoms with van der Waals surface area (Å²) in [6.45, 7) is 2.60. The van der Waals surface area contributed by atoms with Gasteiger partial charge >= 0.3 is 0 Å². The number of carbonyl (C=O) groups excluding carboxylic acids is 1. The number of amides is 1. The van der Waals surface area contributed by atoms with Crippen molar-refractivity contribution in [3.63, 3.8) is 0 Å². The zero-order valence-electron chi connectivity index (χ0n) is 12.1. The number of halogens is 2. The predicted molar refractivity (Wildman–Crippen MR) is 87.9 cm³/mol. The molecule has 21 heavy (non-hydrogen) atoms. The second-order valence-corrected chi connectivity index (χ2v) is 6.30. The molecule has 1 heterocycles. The fourth-order valence-electron chi connectivity index (χ4n) is 2.86. The number of benzene rings is 1. The average molecular weight is 329 g/mol. The van der Waals surface area contributed by atoms with Crippen LogP contribution in [0.15, 0.2) is 24.3 Å². The standard InChI is InChI=1S/C16H21ClN2O.ClH/c17-14-5-3-12(4-6-14)11-19(15-7-8-15)16(20)13-2-1-9-18-10-13;/h3-6,13,15,18H,1-2,7-11H2;1H. The Labute approximate surface area is 137 Å². The van der Waals surface area contributed by atoms with Crippen LogP contribution in [0.25, 0.3) is 0 Å². The Morgan fingerprint density at radius 3 is 2.52 bits per heavy atom. The number of hydrogen-bond acceptors (Lipinski definition) is 2. The Morgan fingerprint density at radius 2 is 1.95 bits per heavy atom. The molecular weight excluding hydrogens is 307 g/mol. The number of nitrogens with one attached hydrogen (secondary N) is 1. The molecule has 3 rings (SSSR count). The van der Waals surface area contributed by atoms with Gasteiger partial charge in [0.2, 0.25) is 5.91 Å². The second kappa shape index (κ2) is 7.48. The van der Waals surface area contributed by atoms with Gasteiger partial charge in [-0.25, -0.2) is 0 Å². The third kappa shape index (κ3) is 4.35. The number of hydrogen-bond donors (Lipinski definition) is 1. The van der Waals surface area contributed by atoms with Crippen LogP contribution in [0.4, 0.5) is 0 Å². The normalized spacial score (nSPS) is 21.5. The Hall–Kier alpha value is -0.770. The van der Waals surface area contributed by atoms with Gasteiger partial charge in [0, 0.05) is 24.2 Å². The minimum Gasteiger partial charge on any atom is -0.335 e. The summed E-state index contributed by atoms with van der Waals surface area (Å²) < 4.78 is 0. The SMILES string of the molecule is Cl.O=C(C1CCCNC1)N(Cc1ccc(Cl)cc1)C1CC1. The van der Waals surface area contributed by atoms with Crippen LogP contribution in [0.5, 0.6) is 0 Å². The molecule has 2 fully saturated rings. The summed E-state index contributed by atoms with van der Waals surface area (Å²) in [6.07, 6.45) is 4.44. The van der Waals surface area contributed by atoms with Crippen molar-refractivity contribution in [2.24, 2.45) is 5.92 Å². The fourth-order valence-corrected chi connectivity index (χ4v) is 2.98. The highest BCUT2D eigenvalue weighted by Crippen LogP contribution is 2.31. The summed E-state index contributed by atoms with van der Waals surface area (Å²) in [5.74, 6) is 0.492. The first-order valence-electron chi connectivity index (χ1n) is 7.49. The summed E-state index contributed by atoms with van der Waals surface area (Å²) in [7, 11) is 0. The van der Waals surface area contributed by atoms with Gasteiger partial charge in [-0.15, -0.1) is 12.4 Å². The van der Waals surface area contributed by atoms with E-state index in [-0.39, 0.29) is 18.3 Å². The molecule has 1 aromatic rings. The Morgan fingerprint density at radius 1 is 1.24 bits per heavy atom. The minimum absolute atomic E-state index is 0. The first-order chi connectivity index (χ1) is 9.74. The van der Waals surface area contributed by atoms with Crippen LogP contribution in [0.2, 0.25) is 5.02 Å². The molecular formula is C16H22Cl2N2O. The lowest BCUT2D eigenvalue weighted by molar-refractivity contribution is -0.137. The smallest absolute Gasteiger partial charge is 0.227 e. The summed E-state index contributed by atoms with van der Waals surface area (Å²) in [6, 6.07) is 8.29. The van der Waals surface area contributed by atoms with Gasteiger partial charge in [-0.3, -0.25) is 4.79 Å². The van der Waals surface area contributed by atoms with Crippen molar-refractivity contribution in [2.75, 3.05) is 13.1 Å². The fraction of sp³-hybridized carbons (Fsp3) is 0.562. The Bertz CT molecular complexity index is 468. The first-order valence-corrected chi connectivity index (χ1v) is 7.87. The quantitative estimate of drug-likeness (QED) is 0.920. The van der Waals surface area contributed by atoms with E-state index >= 15 is 0 Å². The molecule has 0 spiro atoms. The van der Waals surface area contributed by atoms with Crippen molar-refractivity contribution in [1.29, 1.82) is 0 Å². The monoisotopic (exact) mass is 328 g/mol. The van der Waals surface area contributed by atoms with Gasteiger partial charge in [-0.1, -0.05) is 23.7 Å². The van der Waals surface area contributed by atoms with E-state index in [1.807, 2.05) is 24.3 Å². The topological polar surface area (TPSA) is 32.3 Å². The molecule has 116 valence electrons. The molecule has 1 amide bonds. The Balaban J connectivity index is 0.00000161. The molecule has 1 N–H and O–H groups in total. The van der Waals surface area contributed by atoms with Crippen molar-refractivity contribution in [2.45, 2.75) is 38.3 Å². The van der Waals surface area contributed by atoms with Crippen molar-refractivity contribution in [1.82, 2.24) is 10.2 Å². The molecule has 5 heteroatoms. The summed E-state index contributed by atoms with van der Waals surface area (Å²) in [5, 5.41) is 4.08. The van der Waals surface area contributed by atoms with Crippen molar-refractivity contribution < 1.29 is 4.79 Å². The molecule has 3 nitrogen and oxygen atoms in total. The van der Waals surface area contributed by atoms with Gasteiger partial charge < -0.3 is 10.2 Å². The first kappa shape index (κ1) is 16.6. The van der Waals surface area contributed by atoms with Crippen LogP contribution in [-0.4, -0.2) is 29.9 Å². The zero-order chi connectivity index (χ0) is 13.9. The molecule has 1 unspecified atom stereocenters. The van der Waals surface area contributed by atoms with Gasteiger partial charge in [0.15, 0.2) is 0 Å². The van der Waals surface area contributed by atoms with E-state index in [2.05, 4.69) is 10.2 Å². The molecule has 0 aromatic heterocycles. The maximum atomic E-state index is 12.7. The third-order valence-corrected chi connectivity index (χ3v) is 4.43. The van der Waals surface area contributed by atoms with E-state index in [9.17, 15) is 4.79 Å². The summed E-state index contributed by atoms with van der Waals surface area (Å²) >= 11 is 5.92. The number of piperidine rings is 1. The van der Waals surface area contributed by atoms with Gasteiger partial charge in [0.1, 0.15) is 0 Å². The molecule has 1 aliphatic carbocycles. The van der Waals surface area contributed by atoms with Crippen LogP contribution in [-0.2, 0) is 11.3 Å². The number of carbonyl (C=O) groups is 1. The van der Waals surface area contributed by atoms with E-state index in [1.54, 1.807) is 0 Å². The molecule has 1 saturated heterocycles. The predicted octanol–water partition coefficient (Wildman–Crippen LogP) is 3.25. The molecule has 1 atom stereocenters. The molecule has 1 saturated carbocycles. The van der Waals surface area contributed by atoms with Gasteiger partial charge in [0.25, 0.3) is 0 Å². The molecule has 1 aromatic carbocycles. The highest BCUT2D eigenvalue weighted by Gasteiger charge is 2.36. The van der Waals surface area contributed by atoms with Crippen LogP contribution < -0.4 is 5.32 Å². The molecule has 2 aliphatic rings. The van der Waals surface area contributed by atoms with Crippen LogP contribution in [0.3, 0.4) is 0 Å². The van der Waals surface area contributed by atoms with E-state index in [1.165, 1.54) is 5.56 Å². The average Bonchev–Trinajstić information content (AvgIpc) is 3.31. The number of rotatable bonds is 4. The second-order valence-electron chi connectivity index (χ2n) is 5.87. The van der Waals surface area contributed by atoms with E-state index in [0.717, 1.165) is 50.3 Å². The van der Waals surface area contributed by atoms with E-state index < -0.39 is 0 Å². The largest absolute Gasteiger partial charge is 0.335 e. The lowest BCUT2D eigenvalue weighted by Crippen LogP contribution is -2.43. The van der Waals surface area contributed by atoms with Crippen molar-refractivity contribution in [3.8, 4) is 0 Å². The van der Waals surface area contributed by atoms with Gasteiger partial charge in [-0.05, 0) is 49.9 Å². The highest BCUT2D eigenvalue weighted by molar-refractivity contribution is 6.30. The maximum Gasteiger partial charge on any atom is 0.227 e. The van der Waals surface area contributed by atoms with Crippen molar-refractivity contribution >= 4 is 29.9 Å². The van der Waals surface area contributed by atoms with E-state index in [0.29, 0.717) is 11.9 Å². The van der Waals surface area contributed by atoms with Gasteiger partial charge in [0.05, 0.1) is 5.92 Å². The third-order valence-electron chi connectivity index (χ3n) is 4.18. The molecule has 0 bridgehead atoms. The lowest BCUT2D eigenvalue weighted by Gasteiger charge is -2.30. The molecule has 1 aliphatic heterocycles. The van der Waals surface area contributed by atoms with Gasteiger partial charge in [-0.2, -0.15) is 0 Å². The zero-order valence-corrected chi connectivity index (χ0v) is 13.6. The Kier molecular flexibility index (Phi) is 5.91. The lowest BCUT2D eigenvalue weighted by atomic mass is 9.97. The van der Waals surface area contributed by atoms with Crippen LogP contribution in [0, 0.1) is 5.92 Å². The van der Waals surface area contributed by atoms with Crippen LogP contribution >= 0.6 is 24.0 Å². The molecule has 0 radical (unpaired) electrons. The van der Waals surface area contributed by atoms with Crippen LogP contribution in [0.1, 0.15) is 31.2 Å². The minimum atomic E-state index is 0. The highest BCUT2D eigenvalue weighted by atomic mass is 35.5. The summed E-state index contributed by atoms with van der Waals surface area (Å²) in [4.78, 5) is 14.8. The van der Waals surface area contributed by atoms with Crippen molar-refractivity contribution in [3.05, 3.63) is 34.9 Å². The number of nitrogens with zero attached hydrogens (tertiary/aromatic N) is 1. The van der Waals surface area contributed by atoms with E-state index in [4.69, 9.17) is 11.6 Å². The summed E-state index contributed by atoms with van der Waals surface area (Å²) in [5.41, 5.74) is 1.17. The maximum absolute atomic E-state index is 12.7.